The van der Waals surface area contributed by atoms with Crippen molar-refractivity contribution in [2.45, 2.75) is 11.7 Å². The first-order valence-electron chi connectivity index (χ1n) is 8.09. The van der Waals surface area contributed by atoms with Crippen LogP contribution in [0.1, 0.15) is 6.42 Å². The summed E-state index contributed by atoms with van der Waals surface area (Å²) in [6.45, 7) is 0. The van der Waals surface area contributed by atoms with Crippen LogP contribution in [-0.4, -0.2) is 41.3 Å². The first-order valence-corrected chi connectivity index (χ1v) is 8.97. The normalized spacial score (nSPS) is 18.7. The fourth-order valence-electron chi connectivity index (χ4n) is 2.47. The first kappa shape index (κ1) is 18.0. The quantitative estimate of drug-likeness (QED) is 0.898. The summed E-state index contributed by atoms with van der Waals surface area (Å²) in [4.78, 5) is 31.0. The molecule has 1 fully saturated rings. The molecule has 1 atom stereocenters. The number of para-hydroxylation sites is 3. The molecular formula is C19H19N3O3S. The van der Waals surface area contributed by atoms with Gasteiger partial charge in [-0.05, 0) is 24.3 Å². The molecule has 6 nitrogen and oxygen atoms in total. The SMILES string of the molecule is COc1ccccc1NC(=O)C1CC(=O)N(C)C(=Nc2ccccc2)S1. The van der Waals surface area contributed by atoms with E-state index in [1.807, 2.05) is 42.5 Å². The van der Waals surface area contributed by atoms with E-state index in [2.05, 4.69) is 10.3 Å². The molecule has 0 saturated carbocycles. The van der Waals surface area contributed by atoms with Gasteiger partial charge in [-0.2, -0.15) is 0 Å². The van der Waals surface area contributed by atoms with E-state index in [0.717, 1.165) is 5.69 Å². The van der Waals surface area contributed by atoms with E-state index in [1.54, 1.807) is 26.3 Å². The number of ether oxygens (including phenoxy) is 1. The summed E-state index contributed by atoms with van der Waals surface area (Å²) in [5.74, 6) is 0.184. The van der Waals surface area contributed by atoms with Gasteiger partial charge in [0, 0.05) is 13.5 Å². The molecule has 0 aromatic heterocycles. The fourth-order valence-corrected chi connectivity index (χ4v) is 3.54. The zero-order valence-electron chi connectivity index (χ0n) is 14.5. The number of carbonyl (C=O) groups is 2. The number of benzene rings is 2. The molecule has 1 aliphatic rings. The number of hydrogen-bond acceptors (Lipinski definition) is 5. The third-order valence-electron chi connectivity index (χ3n) is 3.91. The predicted molar refractivity (Wildman–Crippen MR) is 104 cm³/mol. The lowest BCUT2D eigenvalue weighted by molar-refractivity contribution is -0.128. The highest BCUT2D eigenvalue weighted by atomic mass is 32.2. The van der Waals surface area contributed by atoms with Crippen molar-refractivity contribution in [3.63, 3.8) is 0 Å². The molecule has 0 radical (unpaired) electrons. The van der Waals surface area contributed by atoms with Crippen molar-refractivity contribution in [1.29, 1.82) is 0 Å². The van der Waals surface area contributed by atoms with Crippen LogP contribution in [0.15, 0.2) is 59.6 Å². The molecule has 1 saturated heterocycles. The lowest BCUT2D eigenvalue weighted by atomic mass is 10.2. The molecule has 134 valence electrons. The lowest BCUT2D eigenvalue weighted by Crippen LogP contribution is -2.43. The van der Waals surface area contributed by atoms with Gasteiger partial charge in [-0.25, -0.2) is 4.99 Å². The molecular weight excluding hydrogens is 350 g/mol. The van der Waals surface area contributed by atoms with Crippen LogP contribution < -0.4 is 10.1 Å². The summed E-state index contributed by atoms with van der Waals surface area (Å²) < 4.78 is 5.25. The van der Waals surface area contributed by atoms with E-state index in [1.165, 1.54) is 16.7 Å². The van der Waals surface area contributed by atoms with Gasteiger partial charge in [0.1, 0.15) is 11.0 Å². The maximum atomic E-state index is 12.7. The molecule has 2 aromatic carbocycles. The first-order chi connectivity index (χ1) is 12.6. The van der Waals surface area contributed by atoms with Gasteiger partial charge in [0.05, 0.1) is 18.5 Å². The monoisotopic (exact) mass is 369 g/mol. The number of carbonyl (C=O) groups excluding carboxylic acids is 2. The van der Waals surface area contributed by atoms with Gasteiger partial charge >= 0.3 is 0 Å². The van der Waals surface area contributed by atoms with Gasteiger partial charge in [0.25, 0.3) is 0 Å². The number of nitrogens with one attached hydrogen (secondary N) is 1. The van der Waals surface area contributed by atoms with Gasteiger partial charge in [-0.15, -0.1) is 0 Å². The van der Waals surface area contributed by atoms with Crippen LogP contribution in [0.3, 0.4) is 0 Å². The highest BCUT2D eigenvalue weighted by molar-refractivity contribution is 8.15. The summed E-state index contributed by atoms with van der Waals surface area (Å²) in [6.07, 6.45) is 0.121. The summed E-state index contributed by atoms with van der Waals surface area (Å²) in [6, 6.07) is 16.5. The van der Waals surface area contributed by atoms with E-state index in [0.29, 0.717) is 16.6 Å². The Labute approximate surface area is 156 Å². The van der Waals surface area contributed by atoms with Crippen LogP contribution in [0.25, 0.3) is 0 Å². The van der Waals surface area contributed by atoms with Crippen molar-refractivity contribution in [2.24, 2.45) is 4.99 Å². The maximum Gasteiger partial charge on any atom is 0.238 e. The molecule has 1 heterocycles. The summed E-state index contributed by atoms with van der Waals surface area (Å²) in [5.41, 5.74) is 1.31. The van der Waals surface area contributed by atoms with Crippen LogP contribution in [-0.2, 0) is 9.59 Å². The van der Waals surface area contributed by atoms with Gasteiger partial charge < -0.3 is 10.1 Å². The van der Waals surface area contributed by atoms with Crippen LogP contribution in [0, 0.1) is 0 Å². The van der Waals surface area contributed by atoms with Crippen LogP contribution >= 0.6 is 11.8 Å². The molecule has 0 aliphatic carbocycles. The summed E-state index contributed by atoms with van der Waals surface area (Å²) in [5, 5.41) is 2.80. The molecule has 0 spiro atoms. The van der Waals surface area contributed by atoms with Crippen molar-refractivity contribution in [1.82, 2.24) is 4.90 Å². The number of nitrogens with zero attached hydrogens (tertiary/aromatic N) is 2. The second-order valence-corrected chi connectivity index (χ2v) is 6.85. The number of methoxy groups -OCH3 is 1. The summed E-state index contributed by atoms with van der Waals surface area (Å²) >= 11 is 1.28. The zero-order chi connectivity index (χ0) is 18.5. The average molecular weight is 369 g/mol. The van der Waals surface area contributed by atoms with Crippen LogP contribution in [0.2, 0.25) is 0 Å². The smallest absolute Gasteiger partial charge is 0.238 e. The van der Waals surface area contributed by atoms with E-state index >= 15 is 0 Å². The molecule has 1 N–H and O–H groups in total. The molecule has 3 rings (SSSR count). The molecule has 2 aromatic rings. The van der Waals surface area contributed by atoms with Crippen LogP contribution in [0.5, 0.6) is 5.75 Å². The fraction of sp³-hybridized carbons (Fsp3) is 0.211. The zero-order valence-corrected chi connectivity index (χ0v) is 15.3. The standard InChI is InChI=1S/C19H19N3O3S/c1-22-17(23)12-16(26-19(22)20-13-8-4-3-5-9-13)18(24)21-14-10-6-7-11-15(14)25-2/h3-11,16H,12H2,1-2H3,(H,21,24). The number of rotatable bonds is 4. The predicted octanol–water partition coefficient (Wildman–Crippen LogP) is 3.29. The molecule has 1 aliphatic heterocycles. The van der Waals surface area contributed by atoms with Crippen molar-refractivity contribution in [3.8, 4) is 5.75 Å². The molecule has 7 heteroatoms. The second kappa shape index (κ2) is 8.05. The minimum atomic E-state index is -0.550. The molecule has 2 amide bonds. The van der Waals surface area contributed by atoms with Crippen molar-refractivity contribution >= 4 is 40.1 Å². The Morgan fingerprint density at radius 3 is 2.62 bits per heavy atom. The largest absolute Gasteiger partial charge is 0.495 e. The average Bonchev–Trinajstić information content (AvgIpc) is 2.66. The summed E-state index contributed by atoms with van der Waals surface area (Å²) in [7, 11) is 3.22. The highest BCUT2D eigenvalue weighted by Gasteiger charge is 2.34. The highest BCUT2D eigenvalue weighted by Crippen LogP contribution is 2.30. The van der Waals surface area contributed by atoms with E-state index in [9.17, 15) is 9.59 Å². The van der Waals surface area contributed by atoms with Gasteiger partial charge in [-0.1, -0.05) is 42.1 Å². The Balaban J connectivity index is 1.78. The second-order valence-electron chi connectivity index (χ2n) is 5.68. The van der Waals surface area contributed by atoms with Crippen LogP contribution in [0.4, 0.5) is 11.4 Å². The number of thioether (sulfide) groups is 1. The van der Waals surface area contributed by atoms with E-state index in [4.69, 9.17) is 4.74 Å². The Hall–Kier alpha value is -2.80. The number of amides is 2. The van der Waals surface area contributed by atoms with Gasteiger partial charge in [0.15, 0.2) is 5.17 Å². The minimum Gasteiger partial charge on any atom is -0.495 e. The van der Waals surface area contributed by atoms with Crippen molar-refractivity contribution in [3.05, 3.63) is 54.6 Å². The molecule has 26 heavy (non-hydrogen) atoms. The number of amidine groups is 1. The van der Waals surface area contributed by atoms with E-state index < -0.39 is 5.25 Å². The maximum absolute atomic E-state index is 12.7. The van der Waals surface area contributed by atoms with Gasteiger partial charge in [-0.3, -0.25) is 14.5 Å². The minimum absolute atomic E-state index is 0.121. The Morgan fingerprint density at radius 2 is 1.88 bits per heavy atom. The van der Waals surface area contributed by atoms with Crippen molar-refractivity contribution < 1.29 is 14.3 Å². The Morgan fingerprint density at radius 1 is 1.19 bits per heavy atom. The van der Waals surface area contributed by atoms with E-state index in [-0.39, 0.29) is 18.2 Å². The van der Waals surface area contributed by atoms with Gasteiger partial charge in [0.2, 0.25) is 11.8 Å². The lowest BCUT2D eigenvalue weighted by Gasteiger charge is -2.29. The molecule has 1 unspecified atom stereocenters. The Kier molecular flexibility index (Phi) is 5.58. The van der Waals surface area contributed by atoms with Crippen molar-refractivity contribution in [2.75, 3.05) is 19.5 Å². The number of anilines is 1. The Bertz CT molecular complexity index is 839. The third-order valence-corrected chi connectivity index (χ3v) is 5.15. The molecule has 0 bridgehead atoms. The number of hydrogen-bond donors (Lipinski definition) is 1. The topological polar surface area (TPSA) is 71.0 Å². The third kappa shape index (κ3) is 4.05. The number of aliphatic imine (C=N–C) groups is 1.